The molecule has 0 saturated carbocycles. The predicted octanol–water partition coefficient (Wildman–Crippen LogP) is 3.16. The predicted molar refractivity (Wildman–Crippen MR) is 163 cm³/mol. The van der Waals surface area contributed by atoms with E-state index >= 15 is 0 Å². The van der Waals surface area contributed by atoms with Crippen LogP contribution in [0.5, 0.6) is 0 Å². The SMILES string of the molecule is CC1CC(=O)NN=C1c1ccc(N2CCC(NC(=NCCCc3cnc[nH]3)NC(=O)c3ccccc3)CC2)c([N+](=O)[O-])c1. The average Bonchev–Trinajstić information content (AvgIpc) is 3.53. The maximum Gasteiger partial charge on any atom is 0.293 e. The molecule has 2 aromatic carbocycles. The first-order chi connectivity index (χ1) is 20.9. The van der Waals surface area contributed by atoms with Crippen LogP contribution in [-0.4, -0.2) is 64.1 Å². The van der Waals surface area contributed by atoms with Gasteiger partial charge < -0.3 is 15.2 Å². The summed E-state index contributed by atoms with van der Waals surface area (Å²) in [5.41, 5.74) is 5.85. The van der Waals surface area contributed by atoms with Gasteiger partial charge in [0.25, 0.3) is 11.6 Å². The monoisotopic (exact) mass is 585 g/mol. The number of benzene rings is 2. The van der Waals surface area contributed by atoms with Crippen LogP contribution < -0.4 is 21.0 Å². The van der Waals surface area contributed by atoms with Gasteiger partial charge >= 0.3 is 0 Å². The Hall–Kier alpha value is -5.07. The lowest BCUT2D eigenvalue weighted by Gasteiger charge is -2.34. The van der Waals surface area contributed by atoms with E-state index < -0.39 is 0 Å². The molecule has 1 fully saturated rings. The number of amides is 2. The minimum absolute atomic E-state index is 0.00496. The van der Waals surface area contributed by atoms with Crippen LogP contribution >= 0.6 is 0 Å². The maximum absolute atomic E-state index is 12.9. The van der Waals surface area contributed by atoms with Crippen LogP contribution in [0.3, 0.4) is 0 Å². The summed E-state index contributed by atoms with van der Waals surface area (Å²) in [6.07, 6.45) is 6.69. The number of aliphatic imine (C=N–C) groups is 1. The second-order valence-corrected chi connectivity index (χ2v) is 10.7. The molecule has 2 aliphatic heterocycles. The van der Waals surface area contributed by atoms with Gasteiger partial charge in [0.05, 0.1) is 17.0 Å². The molecule has 1 aromatic heterocycles. The number of aromatic nitrogens is 2. The van der Waals surface area contributed by atoms with Crippen LogP contribution in [0, 0.1) is 16.0 Å². The van der Waals surface area contributed by atoms with E-state index in [1.165, 1.54) is 0 Å². The summed E-state index contributed by atoms with van der Waals surface area (Å²) < 4.78 is 0. The molecule has 1 atom stereocenters. The normalized spacial score (nSPS) is 17.7. The summed E-state index contributed by atoms with van der Waals surface area (Å²) in [6.45, 7) is 3.58. The molecule has 13 heteroatoms. The van der Waals surface area contributed by atoms with Gasteiger partial charge in [0.2, 0.25) is 5.91 Å². The Morgan fingerprint density at radius 2 is 1.98 bits per heavy atom. The lowest BCUT2D eigenvalue weighted by Crippen LogP contribution is -2.50. The van der Waals surface area contributed by atoms with Gasteiger partial charge in [0.1, 0.15) is 5.69 Å². The number of nitro benzene ring substituents is 1. The number of nitrogens with zero attached hydrogens (tertiary/aromatic N) is 5. The fraction of sp³-hybridized carbons (Fsp3) is 0.367. The number of anilines is 1. The van der Waals surface area contributed by atoms with Crippen molar-refractivity contribution >= 4 is 34.9 Å². The van der Waals surface area contributed by atoms with Crippen molar-refractivity contribution in [2.24, 2.45) is 16.0 Å². The number of aryl methyl sites for hydroxylation is 1. The van der Waals surface area contributed by atoms with Gasteiger partial charge in [-0.3, -0.25) is 30.0 Å². The highest BCUT2D eigenvalue weighted by Crippen LogP contribution is 2.32. The Kier molecular flexibility index (Phi) is 9.39. The first-order valence-corrected chi connectivity index (χ1v) is 14.4. The van der Waals surface area contributed by atoms with Gasteiger partial charge in [-0.15, -0.1) is 0 Å². The molecule has 4 N–H and O–H groups in total. The Morgan fingerprint density at radius 1 is 1.19 bits per heavy atom. The lowest BCUT2D eigenvalue weighted by atomic mass is 9.93. The van der Waals surface area contributed by atoms with Crippen molar-refractivity contribution in [3.63, 3.8) is 0 Å². The van der Waals surface area contributed by atoms with Crippen LogP contribution in [0.1, 0.15) is 54.2 Å². The third-order valence-corrected chi connectivity index (χ3v) is 7.60. The number of hydrazone groups is 1. The van der Waals surface area contributed by atoms with Crippen molar-refractivity contribution in [2.45, 2.75) is 45.1 Å². The van der Waals surface area contributed by atoms with Gasteiger partial charge in [-0.25, -0.2) is 10.4 Å². The summed E-state index contributed by atoms with van der Waals surface area (Å²) in [7, 11) is 0. The van der Waals surface area contributed by atoms with Crippen LogP contribution in [0.15, 0.2) is 71.1 Å². The van der Waals surface area contributed by atoms with E-state index in [-0.39, 0.29) is 40.8 Å². The Bertz CT molecular complexity index is 1500. The van der Waals surface area contributed by atoms with E-state index in [1.54, 1.807) is 36.8 Å². The molecular weight excluding hydrogens is 550 g/mol. The summed E-state index contributed by atoms with van der Waals surface area (Å²) in [4.78, 5) is 50.0. The second-order valence-electron chi connectivity index (χ2n) is 10.7. The van der Waals surface area contributed by atoms with Crippen molar-refractivity contribution in [3.8, 4) is 0 Å². The van der Waals surface area contributed by atoms with E-state index in [0.717, 1.165) is 18.5 Å². The third-order valence-electron chi connectivity index (χ3n) is 7.60. The zero-order valence-electron chi connectivity index (χ0n) is 24.0. The topological polar surface area (TPSA) is 170 Å². The summed E-state index contributed by atoms with van der Waals surface area (Å²) >= 11 is 0. The summed E-state index contributed by atoms with van der Waals surface area (Å²) in [5, 5.41) is 22.5. The fourth-order valence-corrected chi connectivity index (χ4v) is 5.33. The smallest absolute Gasteiger partial charge is 0.293 e. The number of nitrogens with one attached hydrogen (secondary N) is 4. The first kappa shape index (κ1) is 29.4. The van der Waals surface area contributed by atoms with Gasteiger partial charge in [-0.2, -0.15) is 5.10 Å². The van der Waals surface area contributed by atoms with Crippen molar-refractivity contribution in [3.05, 3.63) is 88.0 Å². The highest BCUT2D eigenvalue weighted by Gasteiger charge is 2.28. The standard InChI is InChI=1S/C30H35N9O4/c1-20-16-27(40)36-37-28(20)22-9-10-25(26(17-22)39(42)43)38-14-11-23(12-15-38)34-30(32-13-5-8-24-18-31-19-33-24)35-29(41)21-6-3-2-4-7-21/h2-4,6-7,9-10,17-20,23H,5,8,11-16H2,1H3,(H,31,33)(H,36,40)(H2,32,34,35,41). The molecule has 224 valence electrons. The van der Waals surface area contributed by atoms with Gasteiger partial charge in [0.15, 0.2) is 5.96 Å². The number of carbonyl (C=O) groups is 2. The molecule has 2 amide bonds. The molecule has 13 nitrogen and oxygen atoms in total. The Balaban J connectivity index is 1.23. The number of hydrogen-bond acceptors (Lipinski definition) is 8. The van der Waals surface area contributed by atoms with Crippen molar-refractivity contribution in [1.82, 2.24) is 26.0 Å². The number of imidazole rings is 1. The molecule has 43 heavy (non-hydrogen) atoms. The van der Waals surface area contributed by atoms with E-state index in [9.17, 15) is 19.7 Å². The molecular formula is C30H35N9O4. The Morgan fingerprint density at radius 3 is 2.67 bits per heavy atom. The number of piperidine rings is 1. The second kappa shape index (κ2) is 13.7. The zero-order valence-corrected chi connectivity index (χ0v) is 24.0. The first-order valence-electron chi connectivity index (χ1n) is 14.4. The number of carbonyl (C=O) groups excluding carboxylic acids is 2. The quantitative estimate of drug-likeness (QED) is 0.0982. The van der Waals surface area contributed by atoms with E-state index in [2.05, 4.69) is 36.1 Å². The number of hydrogen-bond donors (Lipinski definition) is 4. The molecule has 3 heterocycles. The van der Waals surface area contributed by atoms with E-state index in [0.29, 0.717) is 61.0 Å². The minimum atomic E-state index is -0.372. The van der Waals surface area contributed by atoms with Gasteiger partial charge in [-0.1, -0.05) is 31.2 Å². The van der Waals surface area contributed by atoms with E-state index in [4.69, 9.17) is 0 Å². The lowest BCUT2D eigenvalue weighted by molar-refractivity contribution is -0.384. The molecule has 0 radical (unpaired) electrons. The van der Waals surface area contributed by atoms with E-state index in [1.807, 2.05) is 36.1 Å². The number of guanidine groups is 1. The number of nitro groups is 1. The number of rotatable bonds is 9. The number of aromatic amines is 1. The van der Waals surface area contributed by atoms with Gasteiger partial charge in [-0.05, 0) is 43.9 Å². The molecule has 5 rings (SSSR count). The molecule has 1 unspecified atom stereocenters. The fourth-order valence-electron chi connectivity index (χ4n) is 5.33. The molecule has 0 bridgehead atoms. The largest absolute Gasteiger partial charge is 0.366 e. The molecule has 1 saturated heterocycles. The molecule has 2 aliphatic rings. The van der Waals surface area contributed by atoms with Crippen molar-refractivity contribution in [2.75, 3.05) is 24.5 Å². The van der Waals surface area contributed by atoms with Crippen molar-refractivity contribution in [1.29, 1.82) is 0 Å². The van der Waals surface area contributed by atoms with Crippen LogP contribution in [0.2, 0.25) is 0 Å². The van der Waals surface area contributed by atoms with Crippen LogP contribution in [-0.2, 0) is 11.2 Å². The maximum atomic E-state index is 12.9. The van der Waals surface area contributed by atoms with Crippen molar-refractivity contribution < 1.29 is 14.5 Å². The summed E-state index contributed by atoms with van der Waals surface area (Å²) in [5.74, 6) is -0.128. The Labute approximate surface area is 249 Å². The molecule has 0 aliphatic carbocycles. The number of H-pyrrole nitrogens is 1. The van der Waals surface area contributed by atoms with Gasteiger partial charge in [0, 0.05) is 67.1 Å². The molecule has 0 spiro atoms. The zero-order chi connectivity index (χ0) is 30.2. The van der Waals surface area contributed by atoms with Crippen LogP contribution in [0.25, 0.3) is 0 Å². The highest BCUT2D eigenvalue weighted by atomic mass is 16.6. The third kappa shape index (κ3) is 7.61. The highest BCUT2D eigenvalue weighted by molar-refractivity contribution is 6.07. The average molecular weight is 586 g/mol. The summed E-state index contributed by atoms with van der Waals surface area (Å²) in [6, 6.07) is 14.1. The molecule has 3 aromatic rings. The minimum Gasteiger partial charge on any atom is -0.366 e. The van der Waals surface area contributed by atoms with Crippen LogP contribution in [0.4, 0.5) is 11.4 Å².